The van der Waals surface area contributed by atoms with Crippen LogP contribution in [0.4, 0.5) is 4.39 Å². The highest BCUT2D eigenvalue weighted by molar-refractivity contribution is 5.93. The number of H-pyrrole nitrogens is 2. The number of carbonyl (C=O) groups is 1. The minimum absolute atomic E-state index is 0.0727. The molecule has 5 aromatic rings. The van der Waals surface area contributed by atoms with E-state index in [1.165, 1.54) is 17.0 Å². The molecule has 0 spiro atoms. The van der Waals surface area contributed by atoms with Gasteiger partial charge >= 0.3 is 5.69 Å². The van der Waals surface area contributed by atoms with Crippen molar-refractivity contribution in [2.24, 2.45) is 0 Å². The number of aromatic amines is 2. The van der Waals surface area contributed by atoms with E-state index in [0.29, 0.717) is 17.9 Å². The zero-order valence-electron chi connectivity index (χ0n) is 20.7. The van der Waals surface area contributed by atoms with Gasteiger partial charge < -0.3 is 19.8 Å². The Hall–Kier alpha value is -5.26. The molecule has 198 valence electrons. The van der Waals surface area contributed by atoms with Gasteiger partial charge in [0, 0.05) is 13.0 Å². The Kier molecular flexibility index (Phi) is 7.17. The third-order valence-electron chi connectivity index (χ3n) is 5.99. The zero-order valence-corrected chi connectivity index (χ0v) is 20.7. The summed E-state index contributed by atoms with van der Waals surface area (Å²) in [5.41, 5.74) is 1.38. The van der Waals surface area contributed by atoms with Gasteiger partial charge in [0.1, 0.15) is 17.5 Å². The van der Waals surface area contributed by atoms with Crippen LogP contribution in [0.3, 0.4) is 0 Å². The molecule has 12 heteroatoms. The van der Waals surface area contributed by atoms with Crippen molar-refractivity contribution in [3.05, 3.63) is 111 Å². The Labute approximate surface area is 220 Å². The van der Waals surface area contributed by atoms with Crippen molar-refractivity contribution in [2.45, 2.75) is 13.0 Å². The first kappa shape index (κ1) is 25.4. The van der Waals surface area contributed by atoms with E-state index < -0.39 is 17.3 Å². The lowest BCUT2D eigenvalue weighted by molar-refractivity contribution is 0.0940. The van der Waals surface area contributed by atoms with Gasteiger partial charge in [0.15, 0.2) is 17.4 Å². The van der Waals surface area contributed by atoms with E-state index in [4.69, 9.17) is 9.47 Å². The van der Waals surface area contributed by atoms with Gasteiger partial charge in [0.05, 0.1) is 24.9 Å². The highest BCUT2D eigenvalue weighted by Gasteiger charge is 2.18. The molecule has 0 aliphatic rings. The van der Waals surface area contributed by atoms with Crippen molar-refractivity contribution in [1.82, 2.24) is 30.0 Å². The highest BCUT2D eigenvalue weighted by Crippen LogP contribution is 2.25. The SMILES string of the molecule is COc1cccc(CNC(=O)c2nc3ccc(F)c(OCCc4ccc(-n5cn[nH]c5=O)cc4)c3c(=O)[nH]2)c1. The number of benzene rings is 3. The normalized spacial score (nSPS) is 10.9. The Morgan fingerprint density at radius 2 is 1.90 bits per heavy atom. The summed E-state index contributed by atoms with van der Waals surface area (Å²) in [5, 5.41) is 8.63. The lowest BCUT2D eigenvalue weighted by Crippen LogP contribution is -2.27. The third kappa shape index (κ3) is 5.54. The predicted octanol–water partition coefficient (Wildman–Crippen LogP) is 2.50. The summed E-state index contributed by atoms with van der Waals surface area (Å²) in [6.45, 7) is 0.263. The average molecular weight is 531 g/mol. The lowest BCUT2D eigenvalue weighted by atomic mass is 10.1. The molecule has 5 rings (SSSR count). The van der Waals surface area contributed by atoms with Crippen LogP contribution in [-0.2, 0) is 13.0 Å². The second kappa shape index (κ2) is 11.0. The number of fused-ring (bicyclic) bond motifs is 1. The number of ether oxygens (including phenoxy) is 2. The van der Waals surface area contributed by atoms with Gasteiger partial charge in [0.25, 0.3) is 11.5 Å². The van der Waals surface area contributed by atoms with Crippen LogP contribution in [0.15, 0.2) is 76.6 Å². The van der Waals surface area contributed by atoms with E-state index in [-0.39, 0.29) is 41.3 Å². The molecule has 0 radical (unpaired) electrons. The molecule has 0 aliphatic carbocycles. The Morgan fingerprint density at radius 3 is 2.64 bits per heavy atom. The molecule has 0 fully saturated rings. The van der Waals surface area contributed by atoms with Gasteiger partial charge in [-0.25, -0.2) is 23.8 Å². The van der Waals surface area contributed by atoms with Crippen LogP contribution >= 0.6 is 0 Å². The molecule has 0 aliphatic heterocycles. The molecule has 0 saturated carbocycles. The fourth-order valence-electron chi connectivity index (χ4n) is 4.00. The Balaban J connectivity index is 1.28. The van der Waals surface area contributed by atoms with Crippen LogP contribution in [0.1, 0.15) is 21.7 Å². The number of hydrogen-bond donors (Lipinski definition) is 3. The van der Waals surface area contributed by atoms with Crippen molar-refractivity contribution in [3.63, 3.8) is 0 Å². The molecule has 11 nitrogen and oxygen atoms in total. The Morgan fingerprint density at radius 1 is 1.08 bits per heavy atom. The second-order valence-electron chi connectivity index (χ2n) is 8.52. The summed E-state index contributed by atoms with van der Waals surface area (Å²) in [6, 6.07) is 16.8. The molecular formula is C27H23FN6O5. The number of nitrogens with one attached hydrogen (secondary N) is 3. The van der Waals surface area contributed by atoms with E-state index in [1.54, 1.807) is 37.4 Å². The molecule has 1 amide bonds. The molecule has 3 N–H and O–H groups in total. The number of rotatable bonds is 9. The first-order valence-corrected chi connectivity index (χ1v) is 11.9. The van der Waals surface area contributed by atoms with Crippen LogP contribution in [0.5, 0.6) is 11.5 Å². The molecule has 0 saturated heterocycles. The summed E-state index contributed by atoms with van der Waals surface area (Å²) < 4.78 is 26.9. The molecule has 0 unspecified atom stereocenters. The maximum absolute atomic E-state index is 14.7. The smallest absolute Gasteiger partial charge is 0.347 e. The number of hydrogen-bond acceptors (Lipinski definition) is 7. The summed E-state index contributed by atoms with van der Waals surface area (Å²) >= 11 is 0. The lowest BCUT2D eigenvalue weighted by Gasteiger charge is -2.11. The number of amides is 1. The van der Waals surface area contributed by atoms with Crippen molar-refractivity contribution >= 4 is 16.8 Å². The first-order valence-electron chi connectivity index (χ1n) is 11.9. The largest absolute Gasteiger partial charge is 0.497 e. The van der Waals surface area contributed by atoms with Crippen molar-refractivity contribution in [2.75, 3.05) is 13.7 Å². The molecule has 0 bridgehead atoms. The summed E-state index contributed by atoms with van der Waals surface area (Å²) in [4.78, 5) is 43.9. The number of carbonyl (C=O) groups excluding carboxylic acids is 1. The van der Waals surface area contributed by atoms with E-state index in [9.17, 15) is 18.8 Å². The van der Waals surface area contributed by atoms with Crippen LogP contribution in [0.2, 0.25) is 0 Å². The van der Waals surface area contributed by atoms with Gasteiger partial charge in [-0.1, -0.05) is 24.3 Å². The molecule has 0 atom stereocenters. The fourth-order valence-corrected chi connectivity index (χ4v) is 4.00. The minimum Gasteiger partial charge on any atom is -0.497 e. The van der Waals surface area contributed by atoms with Crippen LogP contribution in [0.25, 0.3) is 16.6 Å². The predicted molar refractivity (Wildman–Crippen MR) is 140 cm³/mol. The number of methoxy groups -OCH3 is 1. The van der Waals surface area contributed by atoms with Gasteiger partial charge in [-0.15, -0.1) is 0 Å². The van der Waals surface area contributed by atoms with Crippen LogP contribution in [-0.4, -0.2) is 44.4 Å². The van der Waals surface area contributed by atoms with E-state index >= 15 is 0 Å². The summed E-state index contributed by atoms with van der Waals surface area (Å²) in [6.07, 6.45) is 1.79. The number of aromatic nitrogens is 5. The van der Waals surface area contributed by atoms with E-state index in [0.717, 1.165) is 17.2 Å². The fraction of sp³-hybridized carbons (Fsp3) is 0.148. The van der Waals surface area contributed by atoms with Gasteiger partial charge in [-0.2, -0.15) is 5.10 Å². The molecule has 39 heavy (non-hydrogen) atoms. The van der Waals surface area contributed by atoms with Crippen LogP contribution in [0, 0.1) is 5.82 Å². The van der Waals surface area contributed by atoms with Crippen molar-refractivity contribution < 1.29 is 18.7 Å². The highest BCUT2D eigenvalue weighted by atomic mass is 19.1. The first-order chi connectivity index (χ1) is 18.9. The summed E-state index contributed by atoms with van der Waals surface area (Å²) in [7, 11) is 1.55. The molecular weight excluding hydrogens is 507 g/mol. The van der Waals surface area contributed by atoms with Crippen molar-refractivity contribution in [1.29, 1.82) is 0 Å². The minimum atomic E-state index is -0.722. The Bertz CT molecular complexity index is 1760. The van der Waals surface area contributed by atoms with E-state index in [2.05, 4.69) is 25.5 Å². The maximum atomic E-state index is 14.7. The van der Waals surface area contributed by atoms with Gasteiger partial charge in [-0.3, -0.25) is 9.59 Å². The molecule has 2 aromatic heterocycles. The maximum Gasteiger partial charge on any atom is 0.347 e. The number of nitrogens with zero attached hydrogens (tertiary/aromatic N) is 3. The standard InChI is InChI=1S/C27H23FN6O5/c1-38-19-4-2-3-17(13-19)14-29-26(36)24-31-21-10-9-20(28)23(22(21)25(35)32-24)39-12-11-16-5-7-18(8-6-16)34-15-30-33-27(34)37/h2-10,13,15H,11-12,14H2,1H3,(H,29,36)(H,33,37)(H,31,32,35). The molecule has 3 aromatic carbocycles. The van der Waals surface area contributed by atoms with Gasteiger partial charge in [-0.05, 0) is 47.5 Å². The summed E-state index contributed by atoms with van der Waals surface area (Å²) in [5.74, 6) is -1.11. The third-order valence-corrected chi connectivity index (χ3v) is 5.99. The average Bonchev–Trinajstić information content (AvgIpc) is 3.39. The monoisotopic (exact) mass is 530 g/mol. The van der Waals surface area contributed by atoms with Gasteiger partial charge in [0.2, 0.25) is 0 Å². The van der Waals surface area contributed by atoms with Crippen molar-refractivity contribution in [3.8, 4) is 17.2 Å². The number of halogens is 1. The molecule has 2 heterocycles. The van der Waals surface area contributed by atoms with E-state index in [1.807, 2.05) is 18.2 Å². The second-order valence-corrected chi connectivity index (χ2v) is 8.52. The zero-order chi connectivity index (χ0) is 27.4. The quantitative estimate of drug-likeness (QED) is 0.266. The van der Waals surface area contributed by atoms with Crippen LogP contribution < -0.4 is 26.0 Å². The topological polar surface area (TPSA) is 144 Å².